The number of anilines is 1. The molecule has 6 nitrogen and oxygen atoms in total. The molecule has 0 aliphatic carbocycles. The number of nitrogens with zero attached hydrogens (tertiary/aromatic N) is 2. The summed E-state index contributed by atoms with van der Waals surface area (Å²) in [6.45, 7) is 4.00. The van der Waals surface area contributed by atoms with Crippen molar-refractivity contribution in [3.8, 4) is 17.2 Å². The highest BCUT2D eigenvalue weighted by atomic mass is 16.5. The Bertz CT molecular complexity index is 1060. The Balaban J connectivity index is 0.00000109. The van der Waals surface area contributed by atoms with E-state index >= 15 is 0 Å². The molecule has 142 valence electrons. The van der Waals surface area contributed by atoms with Gasteiger partial charge < -0.3 is 14.5 Å². The topological polar surface area (TPSA) is 77.2 Å². The fraction of sp³-hybridized carbons (Fsp3) is 0.136. The summed E-state index contributed by atoms with van der Waals surface area (Å²) < 4.78 is 11.0. The maximum Gasteiger partial charge on any atom is 0.259 e. The van der Waals surface area contributed by atoms with Crippen LogP contribution in [0.2, 0.25) is 0 Å². The maximum absolute atomic E-state index is 12.5. The number of pyridine rings is 1. The van der Waals surface area contributed by atoms with Crippen LogP contribution in [0.1, 0.15) is 24.2 Å². The van der Waals surface area contributed by atoms with E-state index in [-0.39, 0.29) is 5.91 Å². The van der Waals surface area contributed by atoms with Crippen molar-refractivity contribution in [2.24, 2.45) is 0 Å². The maximum atomic E-state index is 12.5. The standard InChI is InChI=1S/C20H15N3O3.C2H6/c1-25-16-9-3-2-8-15(16)19(24)22-14-7-4-6-13(12-14)20-23-18-17(26-20)10-5-11-21-18;1-2/h2-12H,1H3,(H,22,24);1-2H3. The zero-order valence-electron chi connectivity index (χ0n) is 16.0. The van der Waals surface area contributed by atoms with Gasteiger partial charge in [0.15, 0.2) is 11.2 Å². The molecule has 2 heterocycles. The summed E-state index contributed by atoms with van der Waals surface area (Å²) in [6.07, 6.45) is 1.67. The fourth-order valence-corrected chi connectivity index (χ4v) is 2.65. The number of carbonyl (C=O) groups is 1. The molecule has 0 spiro atoms. The molecule has 0 fully saturated rings. The van der Waals surface area contributed by atoms with Crippen LogP contribution < -0.4 is 10.1 Å². The zero-order valence-corrected chi connectivity index (χ0v) is 16.0. The number of aromatic nitrogens is 2. The van der Waals surface area contributed by atoms with Crippen LogP contribution in [0.25, 0.3) is 22.7 Å². The van der Waals surface area contributed by atoms with E-state index in [9.17, 15) is 4.79 Å². The third-order valence-electron chi connectivity index (χ3n) is 3.88. The highest BCUT2D eigenvalue weighted by Gasteiger charge is 2.13. The summed E-state index contributed by atoms with van der Waals surface area (Å²) >= 11 is 0. The average Bonchev–Trinajstić information content (AvgIpc) is 3.20. The highest BCUT2D eigenvalue weighted by Crippen LogP contribution is 2.26. The molecule has 0 bridgehead atoms. The molecule has 4 aromatic rings. The van der Waals surface area contributed by atoms with E-state index in [0.717, 1.165) is 5.56 Å². The second-order valence-corrected chi connectivity index (χ2v) is 5.58. The number of hydrogen-bond donors (Lipinski definition) is 1. The zero-order chi connectivity index (χ0) is 19.9. The molecule has 2 aromatic carbocycles. The first-order valence-electron chi connectivity index (χ1n) is 9.01. The van der Waals surface area contributed by atoms with E-state index in [1.807, 2.05) is 38.1 Å². The number of methoxy groups -OCH3 is 1. The van der Waals surface area contributed by atoms with Crippen LogP contribution in [0.5, 0.6) is 5.75 Å². The lowest BCUT2D eigenvalue weighted by Crippen LogP contribution is -2.13. The number of para-hydroxylation sites is 1. The Morgan fingerprint density at radius 2 is 1.86 bits per heavy atom. The lowest BCUT2D eigenvalue weighted by Gasteiger charge is -2.09. The number of benzene rings is 2. The van der Waals surface area contributed by atoms with Gasteiger partial charge in [0.1, 0.15) is 5.75 Å². The van der Waals surface area contributed by atoms with Crippen LogP contribution >= 0.6 is 0 Å². The van der Waals surface area contributed by atoms with E-state index < -0.39 is 0 Å². The molecule has 1 amide bonds. The lowest BCUT2D eigenvalue weighted by atomic mass is 10.1. The molecule has 0 radical (unpaired) electrons. The molecule has 1 N–H and O–H groups in total. The molecule has 28 heavy (non-hydrogen) atoms. The minimum absolute atomic E-state index is 0.251. The first-order valence-corrected chi connectivity index (χ1v) is 9.01. The van der Waals surface area contributed by atoms with E-state index in [0.29, 0.717) is 34.1 Å². The first kappa shape index (κ1) is 19.1. The smallest absolute Gasteiger partial charge is 0.259 e. The number of amides is 1. The van der Waals surface area contributed by atoms with Gasteiger partial charge in [0.25, 0.3) is 5.91 Å². The molecule has 0 aliphatic heterocycles. The van der Waals surface area contributed by atoms with Gasteiger partial charge in [-0.25, -0.2) is 4.98 Å². The number of hydrogen-bond acceptors (Lipinski definition) is 5. The normalized spacial score (nSPS) is 10.1. The minimum Gasteiger partial charge on any atom is -0.496 e. The van der Waals surface area contributed by atoms with E-state index in [1.54, 1.807) is 42.6 Å². The number of oxazole rings is 1. The van der Waals surface area contributed by atoms with E-state index in [1.165, 1.54) is 7.11 Å². The quantitative estimate of drug-likeness (QED) is 0.532. The predicted molar refractivity (Wildman–Crippen MR) is 110 cm³/mol. The Morgan fingerprint density at radius 3 is 2.64 bits per heavy atom. The summed E-state index contributed by atoms with van der Waals surface area (Å²) in [5.41, 5.74) is 3.01. The summed E-state index contributed by atoms with van der Waals surface area (Å²) in [4.78, 5) is 21.1. The van der Waals surface area contributed by atoms with Crippen LogP contribution in [0.3, 0.4) is 0 Å². The molecule has 0 atom stereocenters. The largest absolute Gasteiger partial charge is 0.496 e. The first-order chi connectivity index (χ1) is 13.7. The summed E-state index contributed by atoms with van der Waals surface area (Å²) in [6, 6.07) is 18.0. The number of nitrogens with one attached hydrogen (secondary N) is 1. The Labute approximate surface area is 163 Å². The van der Waals surface area contributed by atoms with Crippen LogP contribution in [0.15, 0.2) is 71.3 Å². The van der Waals surface area contributed by atoms with Crippen LogP contribution in [-0.4, -0.2) is 23.0 Å². The van der Waals surface area contributed by atoms with Crippen molar-refractivity contribution in [2.45, 2.75) is 13.8 Å². The van der Waals surface area contributed by atoms with Crippen LogP contribution in [-0.2, 0) is 0 Å². The molecule has 2 aromatic heterocycles. The van der Waals surface area contributed by atoms with Crippen LogP contribution in [0, 0.1) is 0 Å². The molecule has 6 heteroatoms. The number of ether oxygens (including phenoxy) is 1. The fourth-order valence-electron chi connectivity index (χ4n) is 2.65. The van der Waals surface area contributed by atoms with E-state index in [4.69, 9.17) is 9.15 Å². The number of rotatable bonds is 4. The SMILES string of the molecule is CC.COc1ccccc1C(=O)Nc1cccc(-c2nc3ncccc3o2)c1. The molecule has 0 saturated carbocycles. The molecule has 4 rings (SSSR count). The van der Waals surface area contributed by atoms with Gasteiger partial charge in [-0.2, -0.15) is 4.98 Å². The number of carbonyl (C=O) groups excluding carboxylic acids is 1. The predicted octanol–water partition coefficient (Wildman–Crippen LogP) is 5.18. The van der Waals surface area contributed by atoms with Gasteiger partial charge in [-0.05, 0) is 42.5 Å². The van der Waals surface area contributed by atoms with Gasteiger partial charge >= 0.3 is 0 Å². The lowest BCUT2D eigenvalue weighted by molar-refractivity contribution is 0.102. The van der Waals surface area contributed by atoms with Crippen molar-refractivity contribution in [1.29, 1.82) is 0 Å². The van der Waals surface area contributed by atoms with Crippen molar-refractivity contribution >= 4 is 22.8 Å². The second-order valence-electron chi connectivity index (χ2n) is 5.58. The molecular weight excluding hydrogens is 354 g/mol. The monoisotopic (exact) mass is 375 g/mol. The van der Waals surface area contributed by atoms with Crippen molar-refractivity contribution < 1.29 is 13.9 Å². The van der Waals surface area contributed by atoms with Crippen molar-refractivity contribution in [3.63, 3.8) is 0 Å². The van der Waals surface area contributed by atoms with Gasteiger partial charge in [0.05, 0.1) is 12.7 Å². The minimum atomic E-state index is -0.251. The third kappa shape index (κ3) is 4.01. The van der Waals surface area contributed by atoms with Crippen LogP contribution in [0.4, 0.5) is 5.69 Å². The van der Waals surface area contributed by atoms with E-state index in [2.05, 4.69) is 15.3 Å². The molecule has 0 saturated heterocycles. The summed E-state index contributed by atoms with van der Waals surface area (Å²) in [5.74, 6) is 0.720. The Kier molecular flexibility index (Phi) is 6.01. The third-order valence-corrected chi connectivity index (χ3v) is 3.88. The molecule has 0 unspecified atom stereocenters. The molecular formula is C22H21N3O3. The van der Waals surface area contributed by atoms with Gasteiger partial charge in [-0.15, -0.1) is 0 Å². The summed E-state index contributed by atoms with van der Waals surface area (Å²) in [5, 5.41) is 2.87. The van der Waals surface area contributed by atoms with Gasteiger partial charge in [-0.3, -0.25) is 4.79 Å². The highest BCUT2D eigenvalue weighted by molar-refractivity contribution is 6.06. The van der Waals surface area contributed by atoms with Gasteiger partial charge in [0.2, 0.25) is 5.89 Å². The van der Waals surface area contributed by atoms with Crippen molar-refractivity contribution in [1.82, 2.24) is 9.97 Å². The number of fused-ring (bicyclic) bond motifs is 1. The second kappa shape index (κ2) is 8.81. The van der Waals surface area contributed by atoms with Gasteiger partial charge in [-0.1, -0.05) is 32.0 Å². The van der Waals surface area contributed by atoms with Crippen molar-refractivity contribution in [3.05, 3.63) is 72.4 Å². The molecule has 0 aliphatic rings. The van der Waals surface area contributed by atoms with Gasteiger partial charge in [0, 0.05) is 17.4 Å². The Hall–Kier alpha value is -3.67. The van der Waals surface area contributed by atoms with Crippen molar-refractivity contribution in [2.75, 3.05) is 12.4 Å². The summed E-state index contributed by atoms with van der Waals surface area (Å²) in [7, 11) is 1.54. The average molecular weight is 375 g/mol. The Morgan fingerprint density at radius 1 is 1.04 bits per heavy atom.